The van der Waals surface area contributed by atoms with Crippen LogP contribution < -0.4 is 9.47 Å². The number of hydrogen-bond donors (Lipinski definition) is 0. The zero-order valence-electron chi connectivity index (χ0n) is 17.8. The van der Waals surface area contributed by atoms with Gasteiger partial charge in [-0.15, -0.1) is 0 Å². The van der Waals surface area contributed by atoms with Gasteiger partial charge in [-0.3, -0.25) is 9.59 Å². The number of benzene rings is 3. The van der Waals surface area contributed by atoms with Gasteiger partial charge in [0.2, 0.25) is 5.78 Å². The Morgan fingerprint density at radius 3 is 1.94 bits per heavy atom. The van der Waals surface area contributed by atoms with E-state index in [0.29, 0.717) is 12.4 Å². The first-order valence-corrected chi connectivity index (χ1v) is 10.3. The number of carbonyl (C=O) groups excluding carboxylic acids is 3. The Balaban J connectivity index is 1.78. The van der Waals surface area contributed by atoms with Gasteiger partial charge in [0.05, 0.1) is 18.6 Å². The van der Waals surface area contributed by atoms with Crippen molar-refractivity contribution in [1.82, 2.24) is 0 Å². The Bertz CT molecular complexity index is 1060. The molecular formula is C26H24O6. The van der Waals surface area contributed by atoms with Crippen molar-refractivity contribution in [3.05, 3.63) is 95.6 Å². The van der Waals surface area contributed by atoms with Crippen LogP contribution in [0.2, 0.25) is 0 Å². The lowest BCUT2D eigenvalue weighted by atomic mass is 10.0. The molecule has 0 saturated heterocycles. The minimum absolute atomic E-state index is 0.0671. The minimum Gasteiger partial charge on any atom is -0.489 e. The van der Waals surface area contributed by atoms with E-state index in [4.69, 9.17) is 9.47 Å². The van der Waals surface area contributed by atoms with Crippen LogP contribution in [0.5, 0.6) is 11.5 Å². The standard InChI is InChI=1S/C26H24O6/c1-2-30-26(29)24(28)16-23(27)22-14-13-21(31-17-19-9-5-3-6-10-19)15-25(22)32-18-20-11-7-4-8-12-20/h3-15H,2,16-18H2,1H3. The van der Waals surface area contributed by atoms with Crippen LogP contribution in [0.15, 0.2) is 78.9 Å². The van der Waals surface area contributed by atoms with Gasteiger partial charge in [-0.05, 0) is 30.2 Å². The summed E-state index contributed by atoms with van der Waals surface area (Å²) in [7, 11) is 0. The summed E-state index contributed by atoms with van der Waals surface area (Å²) in [5.41, 5.74) is 2.12. The second-order valence-electron chi connectivity index (χ2n) is 6.95. The summed E-state index contributed by atoms with van der Waals surface area (Å²) >= 11 is 0. The number of ketones is 2. The van der Waals surface area contributed by atoms with Crippen molar-refractivity contribution in [3.63, 3.8) is 0 Å². The summed E-state index contributed by atoms with van der Waals surface area (Å²) in [6.07, 6.45) is -0.593. The largest absolute Gasteiger partial charge is 0.489 e. The molecule has 0 fully saturated rings. The molecule has 0 unspecified atom stereocenters. The smallest absolute Gasteiger partial charge is 0.375 e. The highest BCUT2D eigenvalue weighted by atomic mass is 16.5. The lowest BCUT2D eigenvalue weighted by molar-refractivity contribution is -0.153. The van der Waals surface area contributed by atoms with Gasteiger partial charge >= 0.3 is 5.97 Å². The summed E-state index contributed by atoms with van der Waals surface area (Å²) in [5, 5.41) is 0. The SMILES string of the molecule is CCOC(=O)C(=O)CC(=O)c1ccc(OCc2ccccc2)cc1OCc1ccccc1. The third-order valence-electron chi connectivity index (χ3n) is 4.56. The van der Waals surface area contributed by atoms with Gasteiger partial charge in [0, 0.05) is 6.07 Å². The Kier molecular flexibility index (Phi) is 8.15. The molecule has 3 aromatic rings. The van der Waals surface area contributed by atoms with E-state index in [1.807, 2.05) is 60.7 Å². The van der Waals surface area contributed by atoms with Crippen molar-refractivity contribution in [2.75, 3.05) is 6.61 Å². The van der Waals surface area contributed by atoms with E-state index in [-0.39, 0.29) is 24.5 Å². The molecule has 6 heteroatoms. The van der Waals surface area contributed by atoms with E-state index < -0.39 is 24.0 Å². The number of carbonyl (C=O) groups is 3. The molecule has 3 aromatic carbocycles. The normalized spacial score (nSPS) is 10.3. The molecule has 0 aromatic heterocycles. The Morgan fingerprint density at radius 1 is 0.750 bits per heavy atom. The first kappa shape index (κ1) is 22.7. The van der Waals surface area contributed by atoms with E-state index in [2.05, 4.69) is 4.74 Å². The number of ether oxygens (including phenoxy) is 3. The molecule has 0 saturated carbocycles. The minimum atomic E-state index is -1.02. The Hall–Kier alpha value is -3.93. The molecule has 0 amide bonds. The fourth-order valence-corrected chi connectivity index (χ4v) is 2.94. The molecule has 0 atom stereocenters. The van der Waals surface area contributed by atoms with Gasteiger partial charge in [-0.1, -0.05) is 60.7 Å². The van der Waals surface area contributed by atoms with Gasteiger partial charge in [-0.2, -0.15) is 0 Å². The van der Waals surface area contributed by atoms with E-state index >= 15 is 0 Å². The van der Waals surface area contributed by atoms with Crippen LogP contribution >= 0.6 is 0 Å². The van der Waals surface area contributed by atoms with Crippen LogP contribution in [0.25, 0.3) is 0 Å². The van der Waals surface area contributed by atoms with Gasteiger partial charge in [0.1, 0.15) is 24.7 Å². The van der Waals surface area contributed by atoms with Crippen LogP contribution in [0.1, 0.15) is 34.8 Å². The first-order chi connectivity index (χ1) is 15.6. The van der Waals surface area contributed by atoms with E-state index in [0.717, 1.165) is 11.1 Å². The van der Waals surface area contributed by atoms with Gasteiger partial charge in [-0.25, -0.2) is 4.79 Å². The molecule has 0 radical (unpaired) electrons. The van der Waals surface area contributed by atoms with Gasteiger partial charge < -0.3 is 14.2 Å². The molecule has 0 N–H and O–H groups in total. The summed E-state index contributed by atoms with van der Waals surface area (Å²) in [6.45, 7) is 2.25. The zero-order valence-corrected chi connectivity index (χ0v) is 17.8. The molecule has 0 aliphatic carbocycles. The zero-order chi connectivity index (χ0) is 22.8. The van der Waals surface area contributed by atoms with Crippen LogP contribution in [-0.2, 0) is 27.5 Å². The lowest BCUT2D eigenvalue weighted by Crippen LogP contribution is -2.21. The molecule has 0 spiro atoms. The third-order valence-corrected chi connectivity index (χ3v) is 4.56. The summed E-state index contributed by atoms with van der Waals surface area (Å²) in [5.74, 6) is -1.64. The predicted octanol–water partition coefficient (Wildman–Crippen LogP) is 4.55. The van der Waals surface area contributed by atoms with Crippen LogP contribution in [0.3, 0.4) is 0 Å². The highest BCUT2D eigenvalue weighted by Gasteiger charge is 2.22. The Morgan fingerprint density at radius 2 is 1.34 bits per heavy atom. The third kappa shape index (κ3) is 6.54. The highest BCUT2D eigenvalue weighted by Crippen LogP contribution is 2.28. The van der Waals surface area contributed by atoms with Crippen molar-refractivity contribution in [2.24, 2.45) is 0 Å². The number of Topliss-reactive ketones (excluding diaryl/α,β-unsaturated/α-hetero) is 2. The quantitative estimate of drug-likeness (QED) is 0.191. The summed E-state index contributed by atoms with van der Waals surface area (Å²) in [4.78, 5) is 36.3. The predicted molar refractivity (Wildman–Crippen MR) is 119 cm³/mol. The van der Waals surface area contributed by atoms with Gasteiger partial charge in [0.25, 0.3) is 0 Å². The highest BCUT2D eigenvalue weighted by molar-refractivity contribution is 6.38. The maximum atomic E-state index is 12.7. The lowest BCUT2D eigenvalue weighted by Gasteiger charge is -2.14. The fraction of sp³-hybridized carbons (Fsp3) is 0.192. The van der Waals surface area contributed by atoms with Gasteiger partial charge in [0.15, 0.2) is 5.78 Å². The van der Waals surface area contributed by atoms with Crippen molar-refractivity contribution >= 4 is 17.5 Å². The van der Waals surface area contributed by atoms with E-state index in [1.54, 1.807) is 25.1 Å². The van der Waals surface area contributed by atoms with Crippen LogP contribution in [0.4, 0.5) is 0 Å². The topological polar surface area (TPSA) is 78.9 Å². The van der Waals surface area contributed by atoms with E-state index in [1.165, 1.54) is 0 Å². The fourth-order valence-electron chi connectivity index (χ4n) is 2.94. The average Bonchev–Trinajstić information content (AvgIpc) is 2.82. The van der Waals surface area contributed by atoms with Crippen molar-refractivity contribution in [1.29, 1.82) is 0 Å². The maximum absolute atomic E-state index is 12.7. The number of hydrogen-bond acceptors (Lipinski definition) is 6. The van der Waals surface area contributed by atoms with Crippen LogP contribution in [-0.4, -0.2) is 24.1 Å². The molecule has 0 heterocycles. The molecule has 0 aliphatic heterocycles. The number of rotatable bonds is 11. The van der Waals surface area contributed by atoms with E-state index in [9.17, 15) is 14.4 Å². The monoisotopic (exact) mass is 432 g/mol. The molecule has 0 bridgehead atoms. The maximum Gasteiger partial charge on any atom is 0.375 e. The molecular weight excluding hydrogens is 408 g/mol. The van der Waals surface area contributed by atoms with Crippen molar-refractivity contribution in [3.8, 4) is 11.5 Å². The van der Waals surface area contributed by atoms with Crippen LogP contribution in [0, 0.1) is 0 Å². The summed E-state index contributed by atoms with van der Waals surface area (Å²) in [6, 6.07) is 24.0. The second kappa shape index (κ2) is 11.5. The van der Waals surface area contributed by atoms with Crippen molar-refractivity contribution in [2.45, 2.75) is 26.6 Å². The molecule has 32 heavy (non-hydrogen) atoms. The molecule has 164 valence electrons. The number of esters is 1. The first-order valence-electron chi connectivity index (χ1n) is 10.3. The molecule has 0 aliphatic rings. The molecule has 3 rings (SSSR count). The van der Waals surface area contributed by atoms with Crippen molar-refractivity contribution < 1.29 is 28.6 Å². The summed E-state index contributed by atoms with van der Waals surface area (Å²) < 4.78 is 16.4. The second-order valence-corrected chi connectivity index (χ2v) is 6.95. The Labute approximate surface area is 186 Å². The molecule has 6 nitrogen and oxygen atoms in total. The average molecular weight is 432 g/mol.